The molecule has 1 saturated heterocycles. The lowest BCUT2D eigenvalue weighted by atomic mass is 10.1. The topological polar surface area (TPSA) is 52.7 Å². The average Bonchev–Trinajstić information content (AvgIpc) is 3.05. The summed E-state index contributed by atoms with van der Waals surface area (Å²) in [5.74, 6) is -0.307. The van der Waals surface area contributed by atoms with Gasteiger partial charge in [0.2, 0.25) is 11.8 Å². The van der Waals surface area contributed by atoms with E-state index in [1.807, 2.05) is 19.1 Å². The summed E-state index contributed by atoms with van der Waals surface area (Å²) in [5, 5.41) is 2.86. The number of benzene rings is 1. The summed E-state index contributed by atoms with van der Waals surface area (Å²) in [6.45, 7) is 9.69. The second-order valence-corrected chi connectivity index (χ2v) is 5.98. The Morgan fingerprint density at radius 1 is 1.17 bits per heavy atom. The average molecular weight is 317 g/mol. The molecule has 0 spiro atoms. The number of nitrogens with one attached hydrogen (secondary N) is 1. The van der Waals surface area contributed by atoms with Crippen LogP contribution in [0.15, 0.2) is 18.2 Å². The molecule has 1 aliphatic heterocycles. The highest BCUT2D eigenvalue weighted by Gasteiger charge is 2.20. The van der Waals surface area contributed by atoms with Gasteiger partial charge in [-0.25, -0.2) is 0 Å². The first-order valence-corrected chi connectivity index (χ1v) is 8.48. The van der Waals surface area contributed by atoms with Crippen LogP contribution in [0.3, 0.4) is 0 Å². The first-order chi connectivity index (χ1) is 11.0. The first-order valence-electron chi connectivity index (χ1n) is 8.48. The van der Waals surface area contributed by atoms with Gasteiger partial charge in [0.25, 0.3) is 0 Å². The Morgan fingerprint density at radius 2 is 1.83 bits per heavy atom. The van der Waals surface area contributed by atoms with Gasteiger partial charge in [0.15, 0.2) is 0 Å². The monoisotopic (exact) mass is 317 g/mol. The van der Waals surface area contributed by atoms with Gasteiger partial charge in [0.05, 0.1) is 0 Å². The maximum absolute atomic E-state index is 12.1. The van der Waals surface area contributed by atoms with Gasteiger partial charge in [-0.15, -0.1) is 0 Å². The summed E-state index contributed by atoms with van der Waals surface area (Å²) in [7, 11) is 0. The zero-order chi connectivity index (χ0) is 16.8. The molecule has 1 N–H and O–H groups in total. The van der Waals surface area contributed by atoms with Crippen molar-refractivity contribution < 1.29 is 9.59 Å². The van der Waals surface area contributed by atoms with E-state index < -0.39 is 0 Å². The third-order valence-electron chi connectivity index (χ3n) is 4.38. The molecule has 1 aromatic rings. The van der Waals surface area contributed by atoms with Gasteiger partial charge >= 0.3 is 0 Å². The van der Waals surface area contributed by atoms with Gasteiger partial charge in [-0.05, 0) is 57.4 Å². The molecule has 1 heterocycles. The van der Waals surface area contributed by atoms with Crippen molar-refractivity contribution in [1.29, 1.82) is 0 Å². The molecule has 0 radical (unpaired) electrons. The fourth-order valence-corrected chi connectivity index (χ4v) is 2.98. The Hall–Kier alpha value is -2.04. The largest absolute Gasteiger partial charge is 0.372 e. The molecule has 0 saturated carbocycles. The standard InChI is InChI=1S/C18H27N3O2/c1-4-20(5-2)15-8-9-16(14(3)12-15)19-17(22)13-18(23)21-10-6-7-11-21/h8-9,12H,4-7,10-11,13H2,1-3H3,(H,19,22). The van der Waals surface area contributed by atoms with Crippen LogP contribution in [0, 0.1) is 6.92 Å². The van der Waals surface area contributed by atoms with Crippen molar-refractivity contribution >= 4 is 23.2 Å². The van der Waals surface area contributed by atoms with E-state index >= 15 is 0 Å². The number of anilines is 2. The Labute approximate surface area is 138 Å². The lowest BCUT2D eigenvalue weighted by Gasteiger charge is -2.22. The SMILES string of the molecule is CCN(CC)c1ccc(NC(=O)CC(=O)N2CCCC2)c(C)c1. The molecular formula is C18H27N3O2. The number of nitrogens with zero attached hydrogens (tertiary/aromatic N) is 2. The summed E-state index contributed by atoms with van der Waals surface area (Å²) in [4.78, 5) is 28.1. The van der Waals surface area contributed by atoms with Crippen LogP contribution in [-0.2, 0) is 9.59 Å². The van der Waals surface area contributed by atoms with E-state index in [-0.39, 0.29) is 18.2 Å². The lowest BCUT2D eigenvalue weighted by molar-refractivity contribution is -0.133. The number of likely N-dealkylation sites (tertiary alicyclic amines) is 1. The summed E-state index contributed by atoms with van der Waals surface area (Å²) in [5.41, 5.74) is 2.94. The van der Waals surface area contributed by atoms with E-state index in [0.29, 0.717) is 0 Å². The third-order valence-corrected chi connectivity index (χ3v) is 4.38. The van der Waals surface area contributed by atoms with Crippen molar-refractivity contribution in [2.45, 2.75) is 40.0 Å². The molecule has 126 valence electrons. The summed E-state index contributed by atoms with van der Waals surface area (Å²) in [6, 6.07) is 6.00. The second-order valence-electron chi connectivity index (χ2n) is 5.98. The van der Waals surface area contributed by atoms with E-state index in [1.54, 1.807) is 4.90 Å². The molecule has 0 atom stereocenters. The molecule has 2 rings (SSSR count). The van der Waals surface area contributed by atoms with Crippen LogP contribution in [0.5, 0.6) is 0 Å². The maximum atomic E-state index is 12.1. The normalized spacial score (nSPS) is 14.0. The van der Waals surface area contributed by atoms with Gasteiger partial charge in [-0.3, -0.25) is 9.59 Å². The van der Waals surface area contributed by atoms with Crippen molar-refractivity contribution in [2.75, 3.05) is 36.4 Å². The minimum atomic E-state index is -0.236. The van der Waals surface area contributed by atoms with Crippen molar-refractivity contribution in [1.82, 2.24) is 4.90 Å². The highest BCUT2D eigenvalue weighted by molar-refractivity contribution is 6.04. The molecule has 0 aliphatic carbocycles. The quantitative estimate of drug-likeness (QED) is 0.821. The Morgan fingerprint density at radius 3 is 2.39 bits per heavy atom. The first kappa shape index (κ1) is 17.3. The molecule has 1 aromatic carbocycles. The number of aryl methyl sites for hydroxylation is 1. The maximum Gasteiger partial charge on any atom is 0.233 e. The predicted octanol–water partition coefficient (Wildman–Crippen LogP) is 2.79. The van der Waals surface area contributed by atoms with E-state index in [2.05, 4.69) is 30.1 Å². The molecule has 23 heavy (non-hydrogen) atoms. The van der Waals surface area contributed by atoms with Crippen molar-refractivity contribution in [2.24, 2.45) is 0 Å². The fourth-order valence-electron chi connectivity index (χ4n) is 2.98. The zero-order valence-corrected chi connectivity index (χ0v) is 14.4. The number of carbonyl (C=O) groups is 2. The van der Waals surface area contributed by atoms with Gasteiger partial charge in [0.1, 0.15) is 6.42 Å². The zero-order valence-electron chi connectivity index (χ0n) is 14.4. The van der Waals surface area contributed by atoms with E-state index in [9.17, 15) is 9.59 Å². The Bertz CT molecular complexity index is 561. The van der Waals surface area contributed by atoms with Crippen molar-refractivity contribution in [3.05, 3.63) is 23.8 Å². The molecule has 5 nitrogen and oxygen atoms in total. The van der Waals surface area contributed by atoms with Crippen LogP contribution in [-0.4, -0.2) is 42.9 Å². The van der Waals surface area contributed by atoms with Crippen LogP contribution >= 0.6 is 0 Å². The predicted molar refractivity (Wildman–Crippen MR) is 93.8 cm³/mol. The molecule has 1 aliphatic rings. The molecule has 2 amide bonds. The van der Waals surface area contributed by atoms with Crippen LogP contribution in [0.2, 0.25) is 0 Å². The van der Waals surface area contributed by atoms with Crippen LogP contribution in [0.1, 0.15) is 38.7 Å². The molecular weight excluding hydrogens is 290 g/mol. The lowest BCUT2D eigenvalue weighted by Crippen LogP contribution is -2.31. The Kier molecular flexibility index (Phi) is 6.02. The summed E-state index contributed by atoms with van der Waals surface area (Å²) >= 11 is 0. The number of hydrogen-bond acceptors (Lipinski definition) is 3. The van der Waals surface area contributed by atoms with Crippen molar-refractivity contribution in [3.63, 3.8) is 0 Å². The number of rotatable bonds is 6. The minimum Gasteiger partial charge on any atom is -0.372 e. The highest BCUT2D eigenvalue weighted by Crippen LogP contribution is 2.23. The fraction of sp³-hybridized carbons (Fsp3) is 0.556. The van der Waals surface area contributed by atoms with Crippen LogP contribution < -0.4 is 10.2 Å². The van der Waals surface area contributed by atoms with Crippen molar-refractivity contribution in [3.8, 4) is 0 Å². The third kappa shape index (κ3) is 4.47. The molecule has 0 bridgehead atoms. The minimum absolute atomic E-state index is 0.0718. The van der Waals surface area contributed by atoms with Gasteiger partial charge < -0.3 is 15.1 Å². The summed E-state index contributed by atoms with van der Waals surface area (Å²) < 4.78 is 0. The van der Waals surface area contributed by atoms with Gasteiger partial charge in [-0.2, -0.15) is 0 Å². The second kappa shape index (κ2) is 7.99. The molecule has 5 heteroatoms. The number of hydrogen-bond donors (Lipinski definition) is 1. The highest BCUT2D eigenvalue weighted by atomic mass is 16.2. The summed E-state index contributed by atoms with van der Waals surface area (Å²) in [6.07, 6.45) is 2.01. The van der Waals surface area contributed by atoms with E-state index in [0.717, 1.165) is 56.0 Å². The molecule has 0 aromatic heterocycles. The Balaban J connectivity index is 1.96. The van der Waals surface area contributed by atoms with E-state index in [4.69, 9.17) is 0 Å². The van der Waals surface area contributed by atoms with Gasteiger partial charge in [0, 0.05) is 37.6 Å². The number of carbonyl (C=O) groups excluding carboxylic acids is 2. The van der Waals surface area contributed by atoms with Crippen LogP contribution in [0.25, 0.3) is 0 Å². The van der Waals surface area contributed by atoms with Gasteiger partial charge in [-0.1, -0.05) is 0 Å². The molecule has 1 fully saturated rings. The molecule has 0 unspecified atom stereocenters. The number of amides is 2. The smallest absolute Gasteiger partial charge is 0.233 e. The van der Waals surface area contributed by atoms with E-state index in [1.165, 1.54) is 0 Å². The van der Waals surface area contributed by atoms with Crippen LogP contribution in [0.4, 0.5) is 11.4 Å².